The molecule has 0 heterocycles. The van der Waals surface area contributed by atoms with Crippen LogP contribution >= 0.6 is 11.8 Å². The van der Waals surface area contributed by atoms with E-state index in [9.17, 15) is 4.79 Å². The molecule has 2 nitrogen and oxygen atoms in total. The molecule has 0 aliphatic heterocycles. The predicted molar refractivity (Wildman–Crippen MR) is 54.2 cm³/mol. The van der Waals surface area contributed by atoms with Crippen molar-refractivity contribution in [2.45, 2.75) is 18.2 Å². The fourth-order valence-electron chi connectivity index (χ4n) is 1.08. The van der Waals surface area contributed by atoms with Gasteiger partial charge in [-0.25, -0.2) is 0 Å². The number of carboxylic acid groups (broad SMARTS) is 1. The van der Waals surface area contributed by atoms with E-state index in [1.807, 2.05) is 24.3 Å². The first kappa shape index (κ1) is 10.1. The Morgan fingerprint density at radius 1 is 1.46 bits per heavy atom. The summed E-state index contributed by atoms with van der Waals surface area (Å²) < 4.78 is 0. The number of hydrogen-bond acceptors (Lipinski definition) is 2. The van der Waals surface area contributed by atoms with Gasteiger partial charge in [-0.1, -0.05) is 25.1 Å². The number of carbonyl (C=O) groups is 1. The molecule has 1 aromatic carbocycles. The van der Waals surface area contributed by atoms with Gasteiger partial charge in [-0.15, -0.1) is 11.8 Å². The van der Waals surface area contributed by atoms with Gasteiger partial charge < -0.3 is 5.11 Å². The third kappa shape index (κ3) is 3.11. The number of benzene rings is 1. The lowest BCUT2D eigenvalue weighted by atomic mass is 10.2. The second kappa shape index (κ2) is 4.92. The summed E-state index contributed by atoms with van der Waals surface area (Å²) in [6.45, 7) is 2.07. The number of rotatable bonds is 4. The molecule has 13 heavy (non-hydrogen) atoms. The van der Waals surface area contributed by atoms with Crippen LogP contribution in [0.4, 0.5) is 0 Å². The summed E-state index contributed by atoms with van der Waals surface area (Å²) in [7, 11) is 0. The molecule has 0 radical (unpaired) electrons. The molecule has 0 spiro atoms. The SMILES string of the molecule is CCc1ccccc1SCC(=O)O. The van der Waals surface area contributed by atoms with Crippen molar-refractivity contribution in [3.05, 3.63) is 29.8 Å². The van der Waals surface area contributed by atoms with E-state index in [1.165, 1.54) is 17.3 Å². The molecule has 0 fully saturated rings. The molecular weight excluding hydrogens is 184 g/mol. The van der Waals surface area contributed by atoms with Gasteiger partial charge in [0.05, 0.1) is 5.75 Å². The largest absolute Gasteiger partial charge is 0.481 e. The number of aryl methyl sites for hydroxylation is 1. The summed E-state index contributed by atoms with van der Waals surface area (Å²) in [6, 6.07) is 7.91. The van der Waals surface area contributed by atoms with E-state index in [1.54, 1.807) is 0 Å². The van der Waals surface area contributed by atoms with Crippen molar-refractivity contribution in [3.8, 4) is 0 Å². The maximum absolute atomic E-state index is 10.4. The fraction of sp³-hybridized carbons (Fsp3) is 0.300. The van der Waals surface area contributed by atoms with Crippen molar-refractivity contribution >= 4 is 17.7 Å². The molecule has 0 saturated heterocycles. The maximum Gasteiger partial charge on any atom is 0.313 e. The van der Waals surface area contributed by atoms with E-state index in [0.717, 1.165) is 11.3 Å². The monoisotopic (exact) mass is 196 g/mol. The van der Waals surface area contributed by atoms with Crippen molar-refractivity contribution in [2.75, 3.05) is 5.75 Å². The molecule has 1 aromatic rings. The summed E-state index contributed by atoms with van der Waals surface area (Å²) >= 11 is 1.38. The molecular formula is C10H12O2S. The van der Waals surface area contributed by atoms with Crippen molar-refractivity contribution in [1.29, 1.82) is 0 Å². The van der Waals surface area contributed by atoms with Crippen LogP contribution in [0.2, 0.25) is 0 Å². The van der Waals surface area contributed by atoms with Gasteiger partial charge in [-0.2, -0.15) is 0 Å². The molecule has 0 aliphatic carbocycles. The summed E-state index contributed by atoms with van der Waals surface area (Å²) in [5, 5.41) is 8.52. The van der Waals surface area contributed by atoms with Gasteiger partial charge in [-0.05, 0) is 18.1 Å². The van der Waals surface area contributed by atoms with Gasteiger partial charge in [0.1, 0.15) is 0 Å². The highest BCUT2D eigenvalue weighted by molar-refractivity contribution is 8.00. The Bertz CT molecular complexity index is 297. The van der Waals surface area contributed by atoms with E-state index in [4.69, 9.17) is 5.11 Å². The molecule has 0 aliphatic rings. The lowest BCUT2D eigenvalue weighted by Crippen LogP contribution is -1.98. The van der Waals surface area contributed by atoms with Gasteiger partial charge in [0.15, 0.2) is 0 Å². The second-order valence-electron chi connectivity index (χ2n) is 2.64. The zero-order valence-electron chi connectivity index (χ0n) is 7.49. The quantitative estimate of drug-likeness (QED) is 0.751. The first-order chi connectivity index (χ1) is 6.24. The number of carboxylic acids is 1. The summed E-state index contributed by atoms with van der Waals surface area (Å²) in [5.74, 6) is -0.632. The van der Waals surface area contributed by atoms with E-state index < -0.39 is 5.97 Å². The standard InChI is InChI=1S/C10H12O2S/c1-2-8-5-3-4-6-9(8)13-7-10(11)12/h3-6H,2,7H2,1H3,(H,11,12). The maximum atomic E-state index is 10.4. The van der Waals surface area contributed by atoms with Crippen LogP contribution in [0.1, 0.15) is 12.5 Å². The molecule has 0 saturated carbocycles. The first-order valence-corrected chi connectivity index (χ1v) is 5.15. The van der Waals surface area contributed by atoms with Gasteiger partial charge in [0, 0.05) is 4.90 Å². The van der Waals surface area contributed by atoms with Gasteiger partial charge in [0.25, 0.3) is 0 Å². The van der Waals surface area contributed by atoms with Crippen LogP contribution in [-0.2, 0) is 11.2 Å². The highest BCUT2D eigenvalue weighted by Crippen LogP contribution is 2.22. The third-order valence-corrected chi connectivity index (χ3v) is 2.81. The molecule has 70 valence electrons. The second-order valence-corrected chi connectivity index (χ2v) is 3.66. The van der Waals surface area contributed by atoms with Gasteiger partial charge >= 0.3 is 5.97 Å². The van der Waals surface area contributed by atoms with Crippen molar-refractivity contribution in [1.82, 2.24) is 0 Å². The van der Waals surface area contributed by atoms with E-state index in [2.05, 4.69) is 6.92 Å². The highest BCUT2D eigenvalue weighted by Gasteiger charge is 2.02. The molecule has 3 heteroatoms. The zero-order valence-corrected chi connectivity index (χ0v) is 8.30. The number of aliphatic carboxylic acids is 1. The summed E-state index contributed by atoms with van der Waals surface area (Å²) in [5.41, 5.74) is 1.22. The number of thioether (sulfide) groups is 1. The number of hydrogen-bond donors (Lipinski definition) is 1. The van der Waals surface area contributed by atoms with Crippen LogP contribution in [0.5, 0.6) is 0 Å². The molecule has 1 rings (SSSR count). The summed E-state index contributed by atoms with van der Waals surface area (Å²) in [6.07, 6.45) is 0.947. The molecule has 0 atom stereocenters. The van der Waals surface area contributed by atoms with Crippen LogP contribution in [0.15, 0.2) is 29.2 Å². The van der Waals surface area contributed by atoms with Gasteiger partial charge in [0.2, 0.25) is 0 Å². The van der Waals surface area contributed by atoms with E-state index in [-0.39, 0.29) is 5.75 Å². The van der Waals surface area contributed by atoms with Crippen molar-refractivity contribution in [2.24, 2.45) is 0 Å². The predicted octanol–water partition coefficient (Wildman–Crippen LogP) is 2.43. The Balaban J connectivity index is 2.69. The lowest BCUT2D eigenvalue weighted by molar-refractivity contribution is -0.133. The Kier molecular flexibility index (Phi) is 3.83. The Morgan fingerprint density at radius 2 is 2.15 bits per heavy atom. The minimum absolute atomic E-state index is 0.136. The van der Waals surface area contributed by atoms with Crippen LogP contribution < -0.4 is 0 Å². The van der Waals surface area contributed by atoms with Crippen molar-refractivity contribution in [3.63, 3.8) is 0 Å². The fourth-order valence-corrected chi connectivity index (χ4v) is 1.93. The molecule has 1 N–H and O–H groups in total. The highest BCUT2D eigenvalue weighted by atomic mass is 32.2. The summed E-state index contributed by atoms with van der Waals surface area (Å²) in [4.78, 5) is 11.4. The first-order valence-electron chi connectivity index (χ1n) is 4.16. The molecule has 0 amide bonds. The Labute approximate surface area is 82.0 Å². The average molecular weight is 196 g/mol. The topological polar surface area (TPSA) is 37.3 Å². The van der Waals surface area contributed by atoms with E-state index >= 15 is 0 Å². The minimum atomic E-state index is -0.768. The average Bonchev–Trinajstić information content (AvgIpc) is 2.15. The molecule has 0 unspecified atom stereocenters. The Hall–Kier alpha value is -0.960. The minimum Gasteiger partial charge on any atom is -0.481 e. The molecule has 0 bridgehead atoms. The van der Waals surface area contributed by atoms with Crippen molar-refractivity contribution < 1.29 is 9.90 Å². The van der Waals surface area contributed by atoms with E-state index in [0.29, 0.717) is 0 Å². The lowest BCUT2D eigenvalue weighted by Gasteiger charge is -2.04. The normalized spacial score (nSPS) is 9.92. The molecule has 0 aromatic heterocycles. The van der Waals surface area contributed by atoms with Crippen LogP contribution in [-0.4, -0.2) is 16.8 Å². The van der Waals surface area contributed by atoms with Gasteiger partial charge in [-0.3, -0.25) is 4.79 Å². The zero-order chi connectivity index (χ0) is 9.68. The van der Waals surface area contributed by atoms with Crippen LogP contribution in [0.3, 0.4) is 0 Å². The smallest absolute Gasteiger partial charge is 0.313 e. The van der Waals surface area contributed by atoms with Crippen LogP contribution in [0.25, 0.3) is 0 Å². The third-order valence-electron chi connectivity index (χ3n) is 1.70. The Morgan fingerprint density at radius 3 is 2.77 bits per heavy atom. The van der Waals surface area contributed by atoms with Crippen LogP contribution in [0, 0.1) is 0 Å².